The van der Waals surface area contributed by atoms with Crippen LogP contribution in [-0.4, -0.2) is 38.8 Å². The summed E-state index contributed by atoms with van der Waals surface area (Å²) in [5, 5.41) is 2.91. The fourth-order valence-corrected chi connectivity index (χ4v) is 3.17. The fraction of sp³-hybridized carbons (Fsp3) is 0.381. The molecule has 0 unspecified atom stereocenters. The van der Waals surface area contributed by atoms with Crippen molar-refractivity contribution in [1.29, 1.82) is 0 Å². The monoisotopic (exact) mass is 420 g/mol. The minimum absolute atomic E-state index is 0.209. The van der Waals surface area contributed by atoms with Gasteiger partial charge in [0.1, 0.15) is 11.5 Å². The van der Waals surface area contributed by atoms with Crippen molar-refractivity contribution in [1.82, 2.24) is 4.90 Å². The smallest absolute Gasteiger partial charge is 0.322 e. The number of carbonyl (C=O) groups is 1. The van der Waals surface area contributed by atoms with E-state index in [-0.39, 0.29) is 17.7 Å². The Kier molecular flexibility index (Phi) is 7.90. The lowest BCUT2D eigenvalue weighted by atomic mass is 10.1. The molecule has 2 rings (SSSR count). The van der Waals surface area contributed by atoms with Crippen molar-refractivity contribution in [2.75, 3.05) is 24.7 Å². The summed E-state index contributed by atoms with van der Waals surface area (Å²) in [7, 11) is -3.57. The molecule has 29 heavy (non-hydrogen) atoms. The van der Waals surface area contributed by atoms with Crippen LogP contribution in [0.5, 0.6) is 11.5 Å². The Bertz CT molecular complexity index is 894. The molecule has 0 saturated heterocycles. The highest BCUT2D eigenvalue weighted by Gasteiger charge is 2.16. The normalized spacial score (nSPS) is 11.2. The Morgan fingerprint density at radius 1 is 1.03 bits per heavy atom. The van der Waals surface area contributed by atoms with E-state index in [0.29, 0.717) is 25.4 Å². The minimum atomic E-state index is -3.57. The third-order valence-corrected chi connectivity index (χ3v) is 4.33. The van der Waals surface area contributed by atoms with Gasteiger partial charge >= 0.3 is 16.1 Å². The van der Waals surface area contributed by atoms with E-state index in [1.165, 1.54) is 0 Å². The summed E-state index contributed by atoms with van der Waals surface area (Å²) in [4.78, 5) is 14.5. The van der Waals surface area contributed by atoms with Gasteiger partial charge in [-0.15, -0.1) is 0 Å². The molecule has 158 valence electrons. The molecule has 7 nitrogen and oxygen atoms in total. The number of rotatable bonds is 9. The molecule has 0 saturated carbocycles. The first-order valence-corrected chi connectivity index (χ1v) is 11.2. The topological polar surface area (TPSA) is 84.9 Å². The lowest BCUT2D eigenvalue weighted by Gasteiger charge is -2.25. The Morgan fingerprint density at radius 3 is 2.14 bits per heavy atom. The second kappa shape index (κ2) is 10.2. The molecule has 0 radical (unpaired) electrons. The lowest BCUT2D eigenvalue weighted by Crippen LogP contribution is -2.37. The molecular formula is C21H28N2O5S. The van der Waals surface area contributed by atoms with Gasteiger partial charge in [-0.1, -0.05) is 26.0 Å². The lowest BCUT2D eigenvalue weighted by molar-refractivity contribution is 0.201. The highest BCUT2D eigenvalue weighted by Crippen LogP contribution is 2.18. The second-order valence-electron chi connectivity index (χ2n) is 7.09. The highest BCUT2D eigenvalue weighted by atomic mass is 32.2. The van der Waals surface area contributed by atoms with Gasteiger partial charge in [0.25, 0.3) is 0 Å². The largest absolute Gasteiger partial charge is 0.494 e. The van der Waals surface area contributed by atoms with Gasteiger partial charge in [-0.3, -0.25) is 0 Å². The van der Waals surface area contributed by atoms with E-state index in [2.05, 4.69) is 5.32 Å². The molecule has 0 aromatic heterocycles. The molecule has 2 aromatic rings. The molecule has 0 aliphatic rings. The van der Waals surface area contributed by atoms with E-state index >= 15 is 0 Å². The number of ether oxygens (including phenoxy) is 1. The summed E-state index contributed by atoms with van der Waals surface area (Å²) in [5.74, 6) is 1.28. The number of anilines is 1. The highest BCUT2D eigenvalue weighted by molar-refractivity contribution is 7.86. The number of urea groups is 1. The van der Waals surface area contributed by atoms with Crippen LogP contribution in [-0.2, 0) is 16.7 Å². The molecule has 0 spiro atoms. The van der Waals surface area contributed by atoms with Crippen molar-refractivity contribution in [3.63, 3.8) is 0 Å². The van der Waals surface area contributed by atoms with E-state index in [0.717, 1.165) is 17.6 Å². The first-order chi connectivity index (χ1) is 13.7. The van der Waals surface area contributed by atoms with Gasteiger partial charge in [0.05, 0.1) is 12.9 Å². The van der Waals surface area contributed by atoms with Crippen LogP contribution >= 0.6 is 0 Å². The average Bonchev–Trinajstić information content (AvgIpc) is 2.63. The Hall–Kier alpha value is -2.74. The van der Waals surface area contributed by atoms with Gasteiger partial charge in [-0.25, -0.2) is 4.79 Å². The summed E-state index contributed by atoms with van der Waals surface area (Å²) in [6.07, 6.45) is 0.997. The average molecular weight is 421 g/mol. The quantitative estimate of drug-likeness (QED) is 0.617. The molecule has 1 N–H and O–H groups in total. The zero-order valence-electron chi connectivity index (χ0n) is 17.2. The standard InChI is InChI=1S/C21H28N2O5S/c1-5-27-19-12-8-18(9-13-19)22-21(24)23(14-16(2)3)15-17-6-10-20(11-7-17)28-29(4,25)26/h6-13,16H,5,14-15H2,1-4H3,(H,22,24). The number of amides is 2. The predicted octanol–water partition coefficient (Wildman–Crippen LogP) is 4.11. The van der Waals surface area contributed by atoms with E-state index in [9.17, 15) is 13.2 Å². The van der Waals surface area contributed by atoms with Crippen LogP contribution < -0.4 is 14.2 Å². The van der Waals surface area contributed by atoms with Crippen molar-refractivity contribution in [3.8, 4) is 11.5 Å². The van der Waals surface area contributed by atoms with Gasteiger partial charge in [0.15, 0.2) is 0 Å². The van der Waals surface area contributed by atoms with Gasteiger partial charge in [-0.05, 0) is 54.8 Å². The molecule has 2 amide bonds. The summed E-state index contributed by atoms with van der Waals surface area (Å²) in [5.41, 5.74) is 1.55. The maximum Gasteiger partial charge on any atom is 0.322 e. The summed E-state index contributed by atoms with van der Waals surface area (Å²) in [6.45, 7) is 7.55. The SMILES string of the molecule is CCOc1ccc(NC(=O)N(Cc2ccc(OS(C)(=O)=O)cc2)CC(C)C)cc1. The maximum absolute atomic E-state index is 12.8. The third-order valence-electron chi connectivity index (χ3n) is 3.83. The minimum Gasteiger partial charge on any atom is -0.494 e. The number of carbonyl (C=O) groups excluding carboxylic acids is 1. The molecule has 0 aliphatic heterocycles. The van der Waals surface area contributed by atoms with Crippen LogP contribution in [0, 0.1) is 5.92 Å². The van der Waals surface area contributed by atoms with Crippen molar-refractivity contribution in [3.05, 3.63) is 54.1 Å². The Morgan fingerprint density at radius 2 is 1.62 bits per heavy atom. The Balaban J connectivity index is 2.06. The zero-order valence-corrected chi connectivity index (χ0v) is 18.0. The van der Waals surface area contributed by atoms with Crippen LogP contribution in [0.1, 0.15) is 26.3 Å². The number of hydrogen-bond donors (Lipinski definition) is 1. The molecule has 0 fully saturated rings. The third kappa shape index (κ3) is 8.03. The molecule has 0 aliphatic carbocycles. The molecule has 8 heteroatoms. The molecule has 0 bridgehead atoms. The number of nitrogens with zero attached hydrogens (tertiary/aromatic N) is 1. The molecule has 2 aromatic carbocycles. The van der Waals surface area contributed by atoms with E-state index in [4.69, 9.17) is 8.92 Å². The summed E-state index contributed by atoms with van der Waals surface area (Å²) in [6, 6.07) is 13.7. The van der Waals surface area contributed by atoms with Crippen LogP contribution in [0.25, 0.3) is 0 Å². The second-order valence-corrected chi connectivity index (χ2v) is 8.67. The zero-order chi connectivity index (χ0) is 21.4. The Labute approximate surface area is 172 Å². The number of hydrogen-bond acceptors (Lipinski definition) is 5. The summed E-state index contributed by atoms with van der Waals surface area (Å²) >= 11 is 0. The van der Waals surface area contributed by atoms with Gasteiger partial charge in [0.2, 0.25) is 0 Å². The van der Waals surface area contributed by atoms with Crippen molar-refractivity contribution in [2.24, 2.45) is 5.92 Å². The van der Waals surface area contributed by atoms with Crippen molar-refractivity contribution < 1.29 is 22.1 Å². The van der Waals surface area contributed by atoms with Gasteiger partial charge < -0.3 is 19.1 Å². The molecule has 0 atom stereocenters. The van der Waals surface area contributed by atoms with Gasteiger partial charge in [0, 0.05) is 18.8 Å². The first kappa shape index (κ1) is 22.5. The van der Waals surface area contributed by atoms with Crippen LogP contribution in [0.2, 0.25) is 0 Å². The first-order valence-electron chi connectivity index (χ1n) is 9.43. The maximum atomic E-state index is 12.8. The number of nitrogens with one attached hydrogen (secondary N) is 1. The molecular weight excluding hydrogens is 392 g/mol. The van der Waals surface area contributed by atoms with E-state index < -0.39 is 10.1 Å². The number of benzene rings is 2. The van der Waals surface area contributed by atoms with Crippen LogP contribution in [0.4, 0.5) is 10.5 Å². The van der Waals surface area contributed by atoms with Crippen LogP contribution in [0.3, 0.4) is 0 Å². The molecule has 0 heterocycles. The van der Waals surface area contributed by atoms with Crippen molar-refractivity contribution >= 4 is 21.8 Å². The van der Waals surface area contributed by atoms with Crippen LogP contribution in [0.15, 0.2) is 48.5 Å². The fourth-order valence-electron chi connectivity index (χ4n) is 2.71. The predicted molar refractivity (Wildman–Crippen MR) is 114 cm³/mol. The van der Waals surface area contributed by atoms with Crippen molar-refractivity contribution in [2.45, 2.75) is 27.3 Å². The van der Waals surface area contributed by atoms with Gasteiger partial charge in [-0.2, -0.15) is 8.42 Å². The summed E-state index contributed by atoms with van der Waals surface area (Å²) < 4.78 is 32.7. The van der Waals surface area contributed by atoms with E-state index in [1.54, 1.807) is 41.3 Å². The van der Waals surface area contributed by atoms with E-state index in [1.807, 2.05) is 32.9 Å².